The molecule has 5 nitrogen and oxygen atoms in total. The van der Waals surface area contributed by atoms with E-state index in [4.69, 9.17) is 0 Å². The molecule has 1 fully saturated rings. The lowest BCUT2D eigenvalue weighted by molar-refractivity contribution is 0.628. The molecule has 2 N–H and O–H groups in total. The molecule has 1 aliphatic heterocycles. The van der Waals surface area contributed by atoms with Crippen LogP contribution in [-0.2, 0) is 0 Å². The van der Waals surface area contributed by atoms with Gasteiger partial charge in [0.05, 0.1) is 0 Å². The fraction of sp³-hybridized carbons (Fsp3) is 0.385. The number of nitrogens with zero attached hydrogens (tertiary/aromatic N) is 3. The Morgan fingerprint density at radius 1 is 1.21 bits per heavy atom. The van der Waals surface area contributed by atoms with Gasteiger partial charge < -0.3 is 10.2 Å². The van der Waals surface area contributed by atoms with Gasteiger partial charge in [0.15, 0.2) is 5.82 Å². The average molecular weight is 261 g/mol. The van der Waals surface area contributed by atoms with Crippen LogP contribution in [-0.4, -0.2) is 41.4 Å². The number of rotatable bonds is 2. The molecule has 1 aromatic heterocycles. The van der Waals surface area contributed by atoms with Crippen LogP contribution in [0.25, 0.3) is 11.4 Å². The highest BCUT2D eigenvalue weighted by molar-refractivity contribution is 5.56. The minimum absolute atomic E-state index is 0.269. The highest BCUT2D eigenvalue weighted by atomic mass is 19.1. The third-order valence-electron chi connectivity index (χ3n) is 3.19. The Bertz CT molecular complexity index is 545. The van der Waals surface area contributed by atoms with Gasteiger partial charge in [-0.1, -0.05) is 12.1 Å². The summed E-state index contributed by atoms with van der Waals surface area (Å²) in [5, 5.41) is 10.4. The molecule has 0 aliphatic carbocycles. The number of aromatic amines is 1. The second-order valence-corrected chi connectivity index (χ2v) is 4.58. The smallest absolute Gasteiger partial charge is 0.245 e. The number of H-pyrrole nitrogens is 1. The maximum atomic E-state index is 13.2. The van der Waals surface area contributed by atoms with E-state index in [0.29, 0.717) is 17.3 Å². The molecule has 0 unspecified atom stereocenters. The van der Waals surface area contributed by atoms with Gasteiger partial charge in [0, 0.05) is 25.2 Å². The molecule has 1 aliphatic rings. The van der Waals surface area contributed by atoms with Crippen molar-refractivity contribution >= 4 is 5.95 Å². The molecule has 3 rings (SSSR count). The summed E-state index contributed by atoms with van der Waals surface area (Å²) in [6, 6.07) is 6.36. The van der Waals surface area contributed by atoms with E-state index in [0.717, 1.165) is 32.6 Å². The number of anilines is 1. The Kier molecular flexibility index (Phi) is 3.41. The van der Waals surface area contributed by atoms with Crippen molar-refractivity contribution in [2.24, 2.45) is 0 Å². The molecule has 2 heterocycles. The predicted molar refractivity (Wildman–Crippen MR) is 71.5 cm³/mol. The van der Waals surface area contributed by atoms with Crippen LogP contribution in [0.3, 0.4) is 0 Å². The normalized spacial score (nSPS) is 16.4. The van der Waals surface area contributed by atoms with Gasteiger partial charge >= 0.3 is 0 Å². The number of aromatic nitrogens is 3. The van der Waals surface area contributed by atoms with Crippen LogP contribution in [0.2, 0.25) is 0 Å². The highest BCUT2D eigenvalue weighted by Gasteiger charge is 2.14. The van der Waals surface area contributed by atoms with Crippen molar-refractivity contribution < 1.29 is 4.39 Å². The molecule has 0 bridgehead atoms. The molecule has 2 aromatic rings. The van der Waals surface area contributed by atoms with E-state index in [-0.39, 0.29) is 5.82 Å². The largest absolute Gasteiger partial charge is 0.338 e. The van der Waals surface area contributed by atoms with E-state index in [9.17, 15) is 4.39 Å². The fourth-order valence-electron chi connectivity index (χ4n) is 2.20. The first-order chi connectivity index (χ1) is 9.33. The molecule has 1 saturated heterocycles. The van der Waals surface area contributed by atoms with Crippen LogP contribution >= 0.6 is 0 Å². The summed E-state index contributed by atoms with van der Waals surface area (Å²) in [5.74, 6) is 1.02. The topological polar surface area (TPSA) is 56.8 Å². The number of benzene rings is 1. The van der Waals surface area contributed by atoms with Crippen LogP contribution in [0, 0.1) is 5.82 Å². The van der Waals surface area contributed by atoms with E-state index < -0.39 is 0 Å². The third kappa shape index (κ3) is 2.73. The van der Waals surface area contributed by atoms with Crippen LogP contribution in [0.5, 0.6) is 0 Å². The first-order valence-electron chi connectivity index (χ1n) is 6.47. The van der Waals surface area contributed by atoms with E-state index in [2.05, 4.69) is 25.4 Å². The number of halogens is 1. The van der Waals surface area contributed by atoms with Crippen molar-refractivity contribution in [1.82, 2.24) is 20.5 Å². The Morgan fingerprint density at radius 2 is 2.16 bits per heavy atom. The highest BCUT2D eigenvalue weighted by Crippen LogP contribution is 2.18. The number of nitrogens with one attached hydrogen (secondary N) is 2. The monoisotopic (exact) mass is 261 g/mol. The lowest BCUT2D eigenvalue weighted by Crippen LogP contribution is -2.28. The maximum absolute atomic E-state index is 13.2. The molecule has 0 atom stereocenters. The molecule has 0 radical (unpaired) electrons. The van der Waals surface area contributed by atoms with E-state index in [1.807, 2.05) is 6.07 Å². The van der Waals surface area contributed by atoms with Gasteiger partial charge in [-0.2, -0.15) is 4.98 Å². The van der Waals surface area contributed by atoms with Gasteiger partial charge in [0.1, 0.15) is 5.82 Å². The Labute approximate surface area is 110 Å². The van der Waals surface area contributed by atoms with Gasteiger partial charge in [-0.3, -0.25) is 5.10 Å². The first kappa shape index (κ1) is 12.1. The van der Waals surface area contributed by atoms with Crippen molar-refractivity contribution in [3.05, 3.63) is 30.1 Å². The molecule has 0 saturated carbocycles. The maximum Gasteiger partial charge on any atom is 0.245 e. The zero-order valence-corrected chi connectivity index (χ0v) is 10.6. The lowest BCUT2D eigenvalue weighted by Gasteiger charge is -2.16. The summed E-state index contributed by atoms with van der Waals surface area (Å²) in [5.41, 5.74) is 0.715. The van der Waals surface area contributed by atoms with E-state index in [1.165, 1.54) is 12.1 Å². The molecule has 6 heteroatoms. The van der Waals surface area contributed by atoms with Crippen LogP contribution < -0.4 is 10.2 Å². The zero-order valence-electron chi connectivity index (χ0n) is 10.6. The molecule has 100 valence electrons. The second-order valence-electron chi connectivity index (χ2n) is 4.58. The van der Waals surface area contributed by atoms with Gasteiger partial charge in [-0.15, -0.1) is 5.10 Å². The van der Waals surface area contributed by atoms with Gasteiger partial charge in [-0.25, -0.2) is 4.39 Å². The van der Waals surface area contributed by atoms with Gasteiger partial charge in [0.2, 0.25) is 5.95 Å². The van der Waals surface area contributed by atoms with Crippen molar-refractivity contribution in [2.45, 2.75) is 6.42 Å². The Balaban J connectivity index is 1.82. The quantitative estimate of drug-likeness (QED) is 0.858. The summed E-state index contributed by atoms with van der Waals surface area (Å²) in [6.45, 7) is 3.79. The van der Waals surface area contributed by atoms with E-state index >= 15 is 0 Å². The van der Waals surface area contributed by atoms with Crippen LogP contribution in [0.15, 0.2) is 24.3 Å². The molecule has 0 spiro atoms. The summed E-state index contributed by atoms with van der Waals surface area (Å²) in [7, 11) is 0. The average Bonchev–Trinajstić information content (AvgIpc) is 2.75. The van der Waals surface area contributed by atoms with Crippen molar-refractivity contribution in [1.29, 1.82) is 0 Å². The molecule has 19 heavy (non-hydrogen) atoms. The van der Waals surface area contributed by atoms with Crippen molar-refractivity contribution in [3.8, 4) is 11.4 Å². The summed E-state index contributed by atoms with van der Waals surface area (Å²) in [6.07, 6.45) is 1.07. The van der Waals surface area contributed by atoms with Crippen LogP contribution in [0.1, 0.15) is 6.42 Å². The summed E-state index contributed by atoms with van der Waals surface area (Å²) >= 11 is 0. The van der Waals surface area contributed by atoms with E-state index in [1.54, 1.807) is 6.07 Å². The molecular weight excluding hydrogens is 245 g/mol. The van der Waals surface area contributed by atoms with Crippen molar-refractivity contribution in [3.63, 3.8) is 0 Å². The van der Waals surface area contributed by atoms with Gasteiger partial charge in [0.25, 0.3) is 0 Å². The second kappa shape index (κ2) is 5.36. The summed E-state index contributed by atoms with van der Waals surface area (Å²) < 4.78 is 13.2. The molecule has 1 aromatic carbocycles. The Hall–Kier alpha value is -1.95. The Morgan fingerprint density at radius 3 is 3.05 bits per heavy atom. The van der Waals surface area contributed by atoms with Crippen LogP contribution in [0.4, 0.5) is 10.3 Å². The van der Waals surface area contributed by atoms with Gasteiger partial charge in [-0.05, 0) is 25.1 Å². The third-order valence-corrected chi connectivity index (χ3v) is 3.19. The predicted octanol–water partition coefficient (Wildman–Crippen LogP) is 1.41. The minimum atomic E-state index is -0.269. The number of hydrogen-bond donors (Lipinski definition) is 2. The SMILES string of the molecule is Fc1cccc(-c2nc(N3CCCNCC3)n[nH]2)c1. The summed E-state index contributed by atoms with van der Waals surface area (Å²) in [4.78, 5) is 6.59. The lowest BCUT2D eigenvalue weighted by atomic mass is 10.2. The number of hydrogen-bond acceptors (Lipinski definition) is 4. The first-order valence-corrected chi connectivity index (χ1v) is 6.47. The standard InChI is InChI=1S/C13H16FN5/c14-11-4-1-3-10(9-11)12-16-13(18-17-12)19-7-2-5-15-6-8-19/h1,3-4,9,15H,2,5-8H2,(H,16,17,18). The minimum Gasteiger partial charge on any atom is -0.338 e. The molecular formula is C13H16FN5. The molecule has 0 amide bonds. The zero-order chi connectivity index (χ0) is 13.1. The van der Waals surface area contributed by atoms with Crippen molar-refractivity contribution in [2.75, 3.05) is 31.1 Å². The fourth-order valence-corrected chi connectivity index (χ4v) is 2.20.